The number of aliphatic hydroxyl groups excluding tert-OH is 9. The van der Waals surface area contributed by atoms with Gasteiger partial charge in [0.25, 0.3) is 0 Å². The van der Waals surface area contributed by atoms with Gasteiger partial charge in [-0.3, -0.25) is 38.4 Å². The number of ether oxygens (including phenoxy) is 16. The molecule has 7 amide bonds. The molecular formula is C85H135F5N16O33. The van der Waals surface area contributed by atoms with Gasteiger partial charge in [0, 0.05) is 116 Å². The van der Waals surface area contributed by atoms with E-state index in [1.807, 2.05) is 0 Å². The van der Waals surface area contributed by atoms with Gasteiger partial charge in [0.05, 0.1) is 156 Å². The zero-order chi connectivity index (χ0) is 101. The first-order chi connectivity index (χ1) is 67.0. The second kappa shape index (κ2) is 65.3. The van der Waals surface area contributed by atoms with Gasteiger partial charge in [-0.15, -0.1) is 15.3 Å². The minimum absolute atomic E-state index is 0.0156. The number of halogens is 5. The van der Waals surface area contributed by atoms with E-state index in [1.165, 1.54) is 21.3 Å². The third-order valence-corrected chi connectivity index (χ3v) is 22.3. The highest BCUT2D eigenvalue weighted by Gasteiger charge is 2.48. The molecule has 3 aliphatic rings. The van der Waals surface area contributed by atoms with Gasteiger partial charge in [-0.2, -0.15) is 8.78 Å². The molecule has 16 N–H and O–H groups in total. The van der Waals surface area contributed by atoms with Crippen LogP contribution in [0, 0.1) is 29.1 Å². The topological polar surface area (TPSA) is 643 Å². The maximum atomic E-state index is 14.2. The van der Waals surface area contributed by atoms with Crippen LogP contribution in [0.25, 0.3) is 0 Å². The van der Waals surface area contributed by atoms with Crippen molar-refractivity contribution in [1.82, 2.24) is 82.2 Å². The quantitative estimate of drug-likeness (QED) is 0.00492. The molecule has 0 unspecified atom stereocenters. The number of hydrogen-bond donors (Lipinski definition) is 16. The van der Waals surface area contributed by atoms with E-state index in [0.717, 1.165) is 0 Å². The van der Waals surface area contributed by atoms with Crippen molar-refractivity contribution < 1.29 is 182 Å². The second-order valence-corrected chi connectivity index (χ2v) is 32.7. The third-order valence-electron chi connectivity index (χ3n) is 22.3. The summed E-state index contributed by atoms with van der Waals surface area (Å²) in [4.78, 5) is 105. The van der Waals surface area contributed by atoms with Crippen molar-refractivity contribution >= 4 is 47.3 Å². The van der Waals surface area contributed by atoms with Gasteiger partial charge in [0.2, 0.25) is 76.2 Å². The average molecular weight is 2000 g/mol. The predicted octanol–water partition coefficient (Wildman–Crippen LogP) is -4.90. The molecule has 3 aromatic heterocycles. The van der Waals surface area contributed by atoms with Crippen LogP contribution in [0.2, 0.25) is 0 Å². The monoisotopic (exact) mass is 2000 g/mol. The van der Waals surface area contributed by atoms with E-state index < -0.39 is 219 Å². The van der Waals surface area contributed by atoms with E-state index in [1.54, 1.807) is 32.6 Å². The minimum Gasteiger partial charge on any atom is -0.420 e. The molecule has 0 aliphatic carbocycles. The number of rotatable bonds is 73. The molecule has 788 valence electrons. The van der Waals surface area contributed by atoms with Crippen LogP contribution >= 0.6 is 0 Å². The number of carbonyl (C=O) groups excluding carboxylic acids is 8. The van der Waals surface area contributed by atoms with Crippen LogP contribution in [0.3, 0.4) is 0 Å². The lowest BCUT2D eigenvalue weighted by Crippen LogP contribution is -2.64. The maximum absolute atomic E-state index is 14.2. The van der Waals surface area contributed by atoms with E-state index in [0.29, 0.717) is 101 Å². The molecule has 4 aromatic rings. The van der Waals surface area contributed by atoms with Crippen molar-refractivity contribution in [2.24, 2.45) is 0 Å². The lowest BCUT2D eigenvalue weighted by molar-refractivity contribution is -0.262. The summed E-state index contributed by atoms with van der Waals surface area (Å²) in [7, 11) is 3.85. The van der Waals surface area contributed by atoms with E-state index in [2.05, 4.69) is 72.9 Å². The molecule has 1 aromatic carbocycles. The van der Waals surface area contributed by atoms with Crippen molar-refractivity contribution in [3.8, 4) is 5.75 Å². The van der Waals surface area contributed by atoms with Gasteiger partial charge in [0.15, 0.2) is 18.9 Å². The maximum Gasteiger partial charge on any atom is 0.311 e. The number of hydrogen-bond acceptors (Lipinski definition) is 39. The summed E-state index contributed by atoms with van der Waals surface area (Å²) < 4.78 is 161. The van der Waals surface area contributed by atoms with Gasteiger partial charge in [0.1, 0.15) is 92.9 Å². The highest BCUT2D eigenvalue weighted by molar-refractivity contribution is 5.81. The Morgan fingerprint density at radius 1 is 0.360 bits per heavy atom. The first kappa shape index (κ1) is 117. The van der Waals surface area contributed by atoms with Gasteiger partial charge in [-0.25, -0.2) is 27.2 Å². The molecule has 0 bridgehead atoms. The molecule has 15 atom stereocenters. The van der Waals surface area contributed by atoms with Crippen LogP contribution in [0.5, 0.6) is 5.75 Å². The van der Waals surface area contributed by atoms with Crippen molar-refractivity contribution in [1.29, 1.82) is 0 Å². The highest BCUT2D eigenvalue weighted by Crippen LogP contribution is 2.32. The number of aliphatic hydroxyl groups is 9. The normalized spacial score (nSPS) is 21.6. The van der Waals surface area contributed by atoms with Crippen LogP contribution in [0.15, 0.2) is 18.6 Å². The van der Waals surface area contributed by atoms with Crippen LogP contribution in [0.1, 0.15) is 120 Å². The number of carbonyl (C=O) groups is 8. The summed E-state index contributed by atoms with van der Waals surface area (Å²) in [5, 5.41) is 134. The second-order valence-electron chi connectivity index (χ2n) is 32.7. The summed E-state index contributed by atoms with van der Waals surface area (Å²) in [6, 6.07) is -3.40. The van der Waals surface area contributed by atoms with Crippen LogP contribution < -0.4 is 42.0 Å². The number of amides is 7. The molecule has 139 heavy (non-hydrogen) atoms. The molecule has 54 heteroatoms. The Kier molecular flexibility index (Phi) is 55.0. The molecule has 49 nitrogen and oxygen atoms in total. The number of unbranched alkanes of at least 4 members (excludes halogenated alkanes) is 7. The van der Waals surface area contributed by atoms with E-state index >= 15 is 0 Å². The number of nitrogens with zero attached hydrogens (tertiary/aromatic N) is 9. The molecule has 0 saturated carbocycles. The van der Waals surface area contributed by atoms with Gasteiger partial charge < -0.3 is 159 Å². The van der Waals surface area contributed by atoms with E-state index in [9.17, 15) is 106 Å². The van der Waals surface area contributed by atoms with Gasteiger partial charge in [-0.1, -0.05) is 54.2 Å². The summed E-state index contributed by atoms with van der Waals surface area (Å²) in [5.74, 6) is -17.8. The lowest BCUT2D eigenvalue weighted by Gasteiger charge is -2.41. The smallest absolute Gasteiger partial charge is 0.311 e. The number of benzene rings is 1. The zero-order valence-corrected chi connectivity index (χ0v) is 78.2. The Morgan fingerprint density at radius 2 is 0.655 bits per heavy atom. The molecule has 0 radical (unpaired) electrons. The Balaban J connectivity index is 0.856. The molecule has 6 heterocycles. The number of methoxy groups -OCH3 is 3. The summed E-state index contributed by atoms with van der Waals surface area (Å²) in [5.41, 5.74) is 0.392. The SMILES string of the molecule is CO[C@@H]1O[C@H](CO)[C@H](O)[C@H](O)[C@H]1NC(=O)COCCc1cn(CCOCCOCCNC(=O)CCC(CCC(=O)NCCOCCOCCn2cc(CCOCC(=O)N[C@H]3[C@H](OC)O[C@H](CO)[C@H](O)[C@@H]3O)nn2)(CCC(=O)NCCOCCOCCn2cc(CCOCC(=O)N[C@H]3[C@H](OC)O[C@H](CO)[C@H](O)[C@@H]3O)nn2)NC(=O)CCCCCCCCCCC(=O)Oc2c(F)c(F)c(F)c(F)c2F)nn1. The number of nitrogens with one attached hydrogen (secondary N) is 7. The Labute approximate surface area is 798 Å². The first-order valence-electron chi connectivity index (χ1n) is 46.1. The molecular weight excluding hydrogens is 1870 g/mol. The largest absolute Gasteiger partial charge is 0.420 e. The summed E-state index contributed by atoms with van der Waals surface area (Å²) in [6.07, 6.45) is -6.13. The molecule has 3 fully saturated rings. The van der Waals surface area contributed by atoms with Gasteiger partial charge in [-0.05, 0) is 32.1 Å². The molecule has 3 aliphatic heterocycles. The fraction of sp³-hybridized carbons (Fsp3) is 0.765. The van der Waals surface area contributed by atoms with Gasteiger partial charge >= 0.3 is 5.97 Å². The van der Waals surface area contributed by atoms with E-state index in [-0.39, 0.29) is 177 Å². The Morgan fingerprint density at radius 3 is 0.964 bits per heavy atom. The minimum atomic E-state index is -2.39. The number of aromatic nitrogens is 9. The fourth-order valence-corrected chi connectivity index (χ4v) is 14.6. The van der Waals surface area contributed by atoms with Crippen LogP contribution in [-0.4, -0.2) is 415 Å². The van der Waals surface area contributed by atoms with Crippen LogP contribution in [0.4, 0.5) is 22.0 Å². The highest BCUT2D eigenvalue weighted by atomic mass is 19.2. The summed E-state index contributed by atoms with van der Waals surface area (Å²) in [6.45, 7) is 0.572. The van der Waals surface area contributed by atoms with Crippen LogP contribution in [-0.2, 0) is 148 Å². The fourth-order valence-electron chi connectivity index (χ4n) is 14.6. The van der Waals surface area contributed by atoms with E-state index in [4.69, 9.17) is 71.1 Å². The average Bonchev–Trinajstić information content (AvgIpc) is 1.36. The van der Waals surface area contributed by atoms with Crippen molar-refractivity contribution in [2.75, 3.05) is 180 Å². The lowest BCUT2D eigenvalue weighted by atomic mass is 9.82. The van der Waals surface area contributed by atoms with Crippen molar-refractivity contribution in [3.63, 3.8) is 0 Å². The van der Waals surface area contributed by atoms with Crippen molar-refractivity contribution in [2.45, 2.75) is 239 Å². The Bertz CT molecular complexity index is 3910. The molecule has 7 rings (SSSR count). The van der Waals surface area contributed by atoms with Crippen molar-refractivity contribution in [3.05, 3.63) is 64.8 Å². The molecule has 0 spiro atoms. The zero-order valence-electron chi connectivity index (χ0n) is 78.2. The number of esters is 1. The standard InChI is InChI=1S/C85H135F5N16O33/c1-124-82-72(78(121)75(118)56(47-107)136-82)94-63(114)50-133-29-17-53-44-104(101-98-53)26-35-130-41-38-127-32-23-91-59(110)14-20-85(97-62(113)12-10-8-6-4-5-7-9-11-13-66(117)139-81-70(89)68(87)67(86)69(88)71(81)90,21-15-60(111)92-24-33-128-39-42-131-36-27-105-45-54(99-102-105)18-30-134-51-64(115)95-73-79(122)76(119)57(48-108)137-83(73)125-2)22-16-61(112)93-25-34-129-40-43-132-37-28-106-46-55(100-103-106)19-31-135-52-65(116)96-74-80(123)77(120)58(49-109)138-84(74)126-3/h44-46,56-58,72-80,82-84,107-109,118-123H,4-43,47-52H2,1-3H3,(H,91,110)(H,92,111)(H,93,112)(H,94,114)(H,95,115)(H,96,116)(H,97,113)/t56-,57-,58-,72-,73-,74-,75+,76+,77+,78-,79-,80-,82-,83-,84-/m1/s1. The first-order valence-corrected chi connectivity index (χ1v) is 46.1. The summed E-state index contributed by atoms with van der Waals surface area (Å²) >= 11 is 0. The predicted molar refractivity (Wildman–Crippen MR) is 464 cm³/mol. The Hall–Kier alpha value is -8.91. The third kappa shape index (κ3) is 41.9. The molecule has 3 saturated heterocycles.